The van der Waals surface area contributed by atoms with Gasteiger partial charge in [0.25, 0.3) is 5.91 Å². The third-order valence-electron chi connectivity index (χ3n) is 2.82. The van der Waals surface area contributed by atoms with Crippen molar-refractivity contribution in [2.75, 3.05) is 7.11 Å². The predicted molar refractivity (Wildman–Crippen MR) is 83.8 cm³/mol. The first-order valence-corrected chi connectivity index (χ1v) is 7.06. The van der Waals surface area contributed by atoms with E-state index in [9.17, 15) is 18.7 Å². The summed E-state index contributed by atoms with van der Waals surface area (Å²) in [5.74, 6) is -2.33. The number of nitrogens with one attached hydrogen (secondary N) is 1. The smallest absolute Gasteiger partial charge is 0.274 e. The highest BCUT2D eigenvalue weighted by atomic mass is 79.9. The Labute approximate surface area is 138 Å². The Morgan fingerprint density at radius 1 is 1.35 bits per heavy atom. The minimum atomic E-state index is -0.886. The Hall–Kier alpha value is -2.48. The number of rotatable bonds is 4. The maximum Gasteiger partial charge on any atom is 0.274 e. The number of phenolic OH excluding ortho intramolecular Hbond substituents is 1. The number of benzene rings is 2. The molecule has 0 spiro atoms. The average molecular weight is 385 g/mol. The molecule has 2 N–H and O–H groups in total. The van der Waals surface area contributed by atoms with Gasteiger partial charge in [0.15, 0.2) is 11.5 Å². The van der Waals surface area contributed by atoms with Crippen molar-refractivity contribution in [2.45, 2.75) is 0 Å². The number of aromatic hydroxyl groups is 1. The van der Waals surface area contributed by atoms with Gasteiger partial charge in [0.1, 0.15) is 11.6 Å². The zero-order valence-corrected chi connectivity index (χ0v) is 13.4. The van der Waals surface area contributed by atoms with Crippen molar-refractivity contribution < 1.29 is 23.4 Å². The van der Waals surface area contributed by atoms with E-state index in [2.05, 4.69) is 26.5 Å². The normalized spacial score (nSPS) is 10.8. The van der Waals surface area contributed by atoms with Crippen molar-refractivity contribution in [1.82, 2.24) is 5.43 Å². The second-order valence-corrected chi connectivity index (χ2v) is 5.23. The molecule has 0 saturated carbocycles. The zero-order valence-electron chi connectivity index (χ0n) is 11.8. The molecule has 0 heterocycles. The number of hydrogen-bond acceptors (Lipinski definition) is 4. The number of phenols is 1. The van der Waals surface area contributed by atoms with Crippen LogP contribution in [0.15, 0.2) is 39.9 Å². The third kappa shape index (κ3) is 4.04. The first-order valence-electron chi connectivity index (χ1n) is 6.27. The van der Waals surface area contributed by atoms with Gasteiger partial charge in [0.05, 0.1) is 23.4 Å². The monoisotopic (exact) mass is 384 g/mol. The van der Waals surface area contributed by atoms with Crippen molar-refractivity contribution in [3.63, 3.8) is 0 Å². The van der Waals surface area contributed by atoms with Crippen molar-refractivity contribution in [3.05, 3.63) is 57.6 Å². The van der Waals surface area contributed by atoms with Crippen LogP contribution < -0.4 is 10.2 Å². The second kappa shape index (κ2) is 7.19. The van der Waals surface area contributed by atoms with Gasteiger partial charge in [-0.2, -0.15) is 5.10 Å². The van der Waals surface area contributed by atoms with Gasteiger partial charge in [-0.05, 0) is 51.8 Å². The number of halogens is 3. The molecule has 2 aromatic carbocycles. The molecule has 0 aliphatic rings. The summed E-state index contributed by atoms with van der Waals surface area (Å²) in [6.07, 6.45) is 1.27. The minimum Gasteiger partial charge on any atom is -0.503 e. The number of nitrogens with zero attached hydrogens (tertiary/aromatic N) is 1. The SMILES string of the molecule is COc1cc(/C=N/NC(=O)c2cc(F)ccc2F)cc(Br)c1O. The number of ether oxygens (including phenoxy) is 1. The summed E-state index contributed by atoms with van der Waals surface area (Å²) >= 11 is 3.14. The maximum atomic E-state index is 13.4. The van der Waals surface area contributed by atoms with Crippen LogP contribution in [0.2, 0.25) is 0 Å². The van der Waals surface area contributed by atoms with E-state index in [1.807, 2.05) is 0 Å². The predicted octanol–water partition coefficient (Wildman–Crippen LogP) is 3.21. The van der Waals surface area contributed by atoms with E-state index in [0.29, 0.717) is 10.0 Å². The molecule has 0 bridgehead atoms. The molecule has 1 amide bonds. The molecule has 0 fully saturated rings. The standard InChI is InChI=1S/C15H11BrF2N2O3/c1-23-13-5-8(4-11(16)14(13)21)7-19-20-15(22)10-6-9(17)2-3-12(10)18/h2-7,21H,1H3,(H,20,22)/b19-7+. The van der Waals surface area contributed by atoms with E-state index in [0.717, 1.165) is 18.2 Å². The quantitative estimate of drug-likeness (QED) is 0.627. The van der Waals surface area contributed by atoms with E-state index in [1.165, 1.54) is 25.5 Å². The van der Waals surface area contributed by atoms with Crippen LogP contribution in [0.5, 0.6) is 11.5 Å². The Balaban J connectivity index is 2.14. The summed E-state index contributed by atoms with van der Waals surface area (Å²) < 4.78 is 31.8. The molecule has 0 aliphatic carbocycles. The van der Waals surface area contributed by atoms with Gasteiger partial charge in [-0.3, -0.25) is 4.79 Å². The van der Waals surface area contributed by atoms with Gasteiger partial charge in [0.2, 0.25) is 0 Å². The number of hydrazone groups is 1. The van der Waals surface area contributed by atoms with E-state index in [1.54, 1.807) is 0 Å². The van der Waals surface area contributed by atoms with Crippen LogP contribution in [0, 0.1) is 11.6 Å². The molecule has 0 aliphatic heterocycles. The van der Waals surface area contributed by atoms with E-state index < -0.39 is 23.1 Å². The Kier molecular flexibility index (Phi) is 5.28. The van der Waals surface area contributed by atoms with Crippen LogP contribution >= 0.6 is 15.9 Å². The summed E-state index contributed by atoms with van der Waals surface area (Å²) in [4.78, 5) is 11.7. The van der Waals surface area contributed by atoms with E-state index >= 15 is 0 Å². The summed E-state index contributed by atoms with van der Waals surface area (Å²) in [5, 5.41) is 13.3. The van der Waals surface area contributed by atoms with Gasteiger partial charge in [-0.1, -0.05) is 0 Å². The molecule has 0 atom stereocenters. The molecule has 8 heteroatoms. The number of carbonyl (C=O) groups is 1. The van der Waals surface area contributed by atoms with Crippen molar-refractivity contribution in [1.29, 1.82) is 0 Å². The fourth-order valence-electron chi connectivity index (χ4n) is 1.72. The summed E-state index contributed by atoms with van der Waals surface area (Å²) in [6, 6.07) is 5.57. The molecule has 2 rings (SSSR count). The molecule has 0 unspecified atom stereocenters. The number of carbonyl (C=O) groups excluding carboxylic acids is 1. The van der Waals surface area contributed by atoms with Gasteiger partial charge in [-0.25, -0.2) is 14.2 Å². The first kappa shape index (κ1) is 16.9. The average Bonchev–Trinajstić information content (AvgIpc) is 2.52. The van der Waals surface area contributed by atoms with Crippen LogP contribution in [0.3, 0.4) is 0 Å². The lowest BCUT2D eigenvalue weighted by Crippen LogP contribution is -2.19. The molecule has 120 valence electrons. The first-order chi connectivity index (χ1) is 10.9. The summed E-state index contributed by atoms with van der Waals surface area (Å²) in [5.41, 5.74) is 2.15. The highest BCUT2D eigenvalue weighted by molar-refractivity contribution is 9.10. The second-order valence-electron chi connectivity index (χ2n) is 4.38. The van der Waals surface area contributed by atoms with Gasteiger partial charge < -0.3 is 9.84 Å². The van der Waals surface area contributed by atoms with Crippen LogP contribution in [0.4, 0.5) is 8.78 Å². The lowest BCUT2D eigenvalue weighted by atomic mass is 10.2. The largest absolute Gasteiger partial charge is 0.503 e. The third-order valence-corrected chi connectivity index (χ3v) is 3.43. The number of amides is 1. The highest BCUT2D eigenvalue weighted by Crippen LogP contribution is 2.34. The van der Waals surface area contributed by atoms with Crippen LogP contribution in [-0.2, 0) is 0 Å². The van der Waals surface area contributed by atoms with Crippen LogP contribution in [-0.4, -0.2) is 24.3 Å². The van der Waals surface area contributed by atoms with E-state index in [-0.39, 0.29) is 11.5 Å². The Morgan fingerprint density at radius 3 is 2.78 bits per heavy atom. The van der Waals surface area contributed by atoms with Crippen LogP contribution in [0.25, 0.3) is 0 Å². The Morgan fingerprint density at radius 2 is 2.09 bits per heavy atom. The molecular formula is C15H11BrF2N2O3. The molecule has 0 saturated heterocycles. The molecule has 0 radical (unpaired) electrons. The lowest BCUT2D eigenvalue weighted by molar-refractivity contribution is 0.0950. The highest BCUT2D eigenvalue weighted by Gasteiger charge is 2.12. The van der Waals surface area contributed by atoms with Gasteiger partial charge in [-0.15, -0.1) is 0 Å². The fourth-order valence-corrected chi connectivity index (χ4v) is 2.18. The number of methoxy groups -OCH3 is 1. The van der Waals surface area contributed by atoms with Gasteiger partial charge in [0, 0.05) is 0 Å². The summed E-state index contributed by atoms with van der Waals surface area (Å²) in [6.45, 7) is 0. The zero-order chi connectivity index (χ0) is 17.0. The molecule has 23 heavy (non-hydrogen) atoms. The van der Waals surface area contributed by atoms with Crippen LogP contribution in [0.1, 0.15) is 15.9 Å². The molecule has 5 nitrogen and oxygen atoms in total. The van der Waals surface area contributed by atoms with E-state index in [4.69, 9.17) is 4.74 Å². The summed E-state index contributed by atoms with van der Waals surface area (Å²) in [7, 11) is 1.39. The molecule has 2 aromatic rings. The van der Waals surface area contributed by atoms with Gasteiger partial charge >= 0.3 is 0 Å². The fraction of sp³-hybridized carbons (Fsp3) is 0.0667. The maximum absolute atomic E-state index is 13.4. The number of hydrogen-bond donors (Lipinski definition) is 2. The van der Waals surface area contributed by atoms with Crippen molar-refractivity contribution >= 4 is 28.1 Å². The molecule has 0 aromatic heterocycles. The molecular weight excluding hydrogens is 374 g/mol. The topological polar surface area (TPSA) is 70.9 Å². The van der Waals surface area contributed by atoms with Crippen molar-refractivity contribution in [3.8, 4) is 11.5 Å². The lowest BCUT2D eigenvalue weighted by Gasteiger charge is -2.06. The Bertz CT molecular complexity index is 782. The minimum absolute atomic E-state index is 0.0736. The van der Waals surface area contributed by atoms with Crippen molar-refractivity contribution in [2.24, 2.45) is 5.10 Å².